The van der Waals surface area contributed by atoms with E-state index in [0.717, 1.165) is 5.56 Å². The van der Waals surface area contributed by atoms with E-state index in [0.29, 0.717) is 18.7 Å². The standard InChI is InChI=1S/C11H15NO3/c1-8(13)12-6-5-9-3-4-11(15-2)10(14)7-9/h3-4,7,14H,5-6H2,1-2H3,(H,12,13). The first kappa shape index (κ1) is 11.4. The van der Waals surface area contributed by atoms with Crippen LogP contribution in [0.2, 0.25) is 0 Å². The Kier molecular flexibility index (Phi) is 3.97. The minimum atomic E-state index is -0.0484. The smallest absolute Gasteiger partial charge is 0.216 e. The molecule has 0 bridgehead atoms. The number of carbonyl (C=O) groups excluding carboxylic acids is 1. The van der Waals surface area contributed by atoms with Crippen molar-refractivity contribution in [3.8, 4) is 11.5 Å². The number of nitrogens with one attached hydrogen (secondary N) is 1. The van der Waals surface area contributed by atoms with Crippen LogP contribution in [0.25, 0.3) is 0 Å². The first-order chi connectivity index (χ1) is 7.13. The van der Waals surface area contributed by atoms with Crippen LogP contribution in [0.3, 0.4) is 0 Å². The molecule has 15 heavy (non-hydrogen) atoms. The second-order valence-corrected chi connectivity index (χ2v) is 3.24. The van der Waals surface area contributed by atoms with Gasteiger partial charge in [0.05, 0.1) is 7.11 Å². The van der Waals surface area contributed by atoms with Crippen LogP contribution >= 0.6 is 0 Å². The molecule has 0 heterocycles. The van der Waals surface area contributed by atoms with Crippen molar-refractivity contribution in [2.45, 2.75) is 13.3 Å². The number of hydrogen-bond acceptors (Lipinski definition) is 3. The Bertz CT molecular complexity index is 350. The monoisotopic (exact) mass is 209 g/mol. The lowest BCUT2D eigenvalue weighted by Gasteiger charge is -2.06. The Hall–Kier alpha value is -1.71. The molecule has 1 rings (SSSR count). The van der Waals surface area contributed by atoms with Gasteiger partial charge in [0, 0.05) is 13.5 Å². The van der Waals surface area contributed by atoms with E-state index in [1.54, 1.807) is 12.1 Å². The van der Waals surface area contributed by atoms with E-state index in [9.17, 15) is 9.90 Å². The molecule has 0 fully saturated rings. The van der Waals surface area contributed by atoms with E-state index in [2.05, 4.69) is 5.32 Å². The number of methoxy groups -OCH3 is 1. The topological polar surface area (TPSA) is 58.6 Å². The van der Waals surface area contributed by atoms with Crippen molar-refractivity contribution in [3.63, 3.8) is 0 Å². The fourth-order valence-electron chi connectivity index (χ4n) is 1.27. The quantitative estimate of drug-likeness (QED) is 0.780. The molecular formula is C11H15NO3. The van der Waals surface area contributed by atoms with E-state index in [-0.39, 0.29) is 11.7 Å². The number of amides is 1. The number of phenols is 1. The second kappa shape index (κ2) is 5.24. The van der Waals surface area contributed by atoms with Gasteiger partial charge in [0.15, 0.2) is 11.5 Å². The molecule has 4 nitrogen and oxygen atoms in total. The average molecular weight is 209 g/mol. The fourth-order valence-corrected chi connectivity index (χ4v) is 1.27. The minimum Gasteiger partial charge on any atom is -0.504 e. The van der Waals surface area contributed by atoms with E-state index in [1.165, 1.54) is 14.0 Å². The van der Waals surface area contributed by atoms with Gasteiger partial charge in [-0.25, -0.2) is 0 Å². The molecule has 0 aliphatic carbocycles. The average Bonchev–Trinajstić information content (AvgIpc) is 2.17. The van der Waals surface area contributed by atoms with Crippen molar-refractivity contribution in [2.24, 2.45) is 0 Å². The maximum Gasteiger partial charge on any atom is 0.216 e. The molecule has 0 aliphatic rings. The number of phenolic OH excluding ortho intramolecular Hbond substituents is 1. The van der Waals surface area contributed by atoms with E-state index in [1.807, 2.05) is 6.07 Å². The Labute approximate surface area is 88.9 Å². The molecule has 0 aliphatic heterocycles. The van der Waals surface area contributed by atoms with Gasteiger partial charge in [-0.2, -0.15) is 0 Å². The normalized spacial score (nSPS) is 9.73. The van der Waals surface area contributed by atoms with Crippen molar-refractivity contribution in [1.82, 2.24) is 5.32 Å². The van der Waals surface area contributed by atoms with E-state index >= 15 is 0 Å². The van der Waals surface area contributed by atoms with Crippen LogP contribution in [0.1, 0.15) is 12.5 Å². The molecule has 2 N–H and O–H groups in total. The maximum atomic E-state index is 10.6. The summed E-state index contributed by atoms with van der Waals surface area (Å²) >= 11 is 0. The summed E-state index contributed by atoms with van der Waals surface area (Å²) in [5.41, 5.74) is 0.960. The van der Waals surface area contributed by atoms with Gasteiger partial charge in [-0.1, -0.05) is 6.07 Å². The van der Waals surface area contributed by atoms with Crippen molar-refractivity contribution in [3.05, 3.63) is 23.8 Å². The van der Waals surface area contributed by atoms with Crippen LogP contribution in [-0.4, -0.2) is 24.7 Å². The van der Waals surface area contributed by atoms with Crippen LogP contribution in [0, 0.1) is 0 Å². The first-order valence-electron chi connectivity index (χ1n) is 4.74. The van der Waals surface area contributed by atoms with Crippen LogP contribution in [0.15, 0.2) is 18.2 Å². The molecule has 0 unspecified atom stereocenters. The first-order valence-corrected chi connectivity index (χ1v) is 4.74. The number of ether oxygens (including phenoxy) is 1. The van der Waals surface area contributed by atoms with Gasteiger partial charge in [-0.05, 0) is 24.1 Å². The van der Waals surface area contributed by atoms with Gasteiger partial charge >= 0.3 is 0 Å². The number of carbonyl (C=O) groups is 1. The summed E-state index contributed by atoms with van der Waals surface area (Å²) in [6.45, 7) is 2.05. The van der Waals surface area contributed by atoms with Gasteiger partial charge in [-0.15, -0.1) is 0 Å². The second-order valence-electron chi connectivity index (χ2n) is 3.24. The Morgan fingerprint density at radius 1 is 1.53 bits per heavy atom. The number of benzene rings is 1. The highest BCUT2D eigenvalue weighted by atomic mass is 16.5. The van der Waals surface area contributed by atoms with Crippen molar-refractivity contribution >= 4 is 5.91 Å². The lowest BCUT2D eigenvalue weighted by atomic mass is 10.1. The molecule has 1 aromatic carbocycles. The zero-order chi connectivity index (χ0) is 11.3. The molecule has 1 amide bonds. The number of aromatic hydroxyl groups is 1. The fraction of sp³-hybridized carbons (Fsp3) is 0.364. The molecule has 82 valence electrons. The van der Waals surface area contributed by atoms with Gasteiger partial charge in [0.2, 0.25) is 5.91 Å². The molecule has 1 aromatic rings. The van der Waals surface area contributed by atoms with Crippen molar-refractivity contribution in [1.29, 1.82) is 0 Å². The number of rotatable bonds is 4. The lowest BCUT2D eigenvalue weighted by Crippen LogP contribution is -2.22. The van der Waals surface area contributed by atoms with Crippen molar-refractivity contribution < 1.29 is 14.6 Å². The summed E-state index contributed by atoms with van der Waals surface area (Å²) in [7, 11) is 1.51. The Morgan fingerprint density at radius 2 is 2.27 bits per heavy atom. The van der Waals surface area contributed by atoms with Gasteiger partial charge < -0.3 is 15.2 Å². The minimum absolute atomic E-state index is 0.0484. The summed E-state index contributed by atoms with van der Waals surface area (Å²) < 4.78 is 4.92. The van der Waals surface area contributed by atoms with Crippen molar-refractivity contribution in [2.75, 3.05) is 13.7 Å². The van der Waals surface area contributed by atoms with Crippen LogP contribution < -0.4 is 10.1 Å². The molecule has 0 aromatic heterocycles. The molecule has 0 radical (unpaired) electrons. The summed E-state index contributed by atoms with van der Waals surface area (Å²) in [6.07, 6.45) is 0.692. The third-order valence-corrected chi connectivity index (χ3v) is 2.03. The zero-order valence-electron chi connectivity index (χ0n) is 8.91. The maximum absolute atomic E-state index is 10.6. The van der Waals surface area contributed by atoms with E-state index < -0.39 is 0 Å². The molecule has 0 spiro atoms. The Balaban J connectivity index is 2.55. The SMILES string of the molecule is COc1ccc(CCNC(C)=O)cc1O. The third-order valence-electron chi connectivity index (χ3n) is 2.03. The van der Waals surface area contributed by atoms with Gasteiger partial charge in [0.1, 0.15) is 0 Å². The third kappa shape index (κ3) is 3.50. The van der Waals surface area contributed by atoms with Gasteiger partial charge in [-0.3, -0.25) is 4.79 Å². The molecule has 4 heteroatoms. The summed E-state index contributed by atoms with van der Waals surface area (Å²) in [4.78, 5) is 10.6. The van der Waals surface area contributed by atoms with Crippen LogP contribution in [0.5, 0.6) is 11.5 Å². The van der Waals surface area contributed by atoms with Crippen LogP contribution in [0.4, 0.5) is 0 Å². The van der Waals surface area contributed by atoms with Crippen LogP contribution in [-0.2, 0) is 11.2 Å². The van der Waals surface area contributed by atoms with Gasteiger partial charge in [0.25, 0.3) is 0 Å². The Morgan fingerprint density at radius 3 is 2.80 bits per heavy atom. The highest BCUT2D eigenvalue weighted by Crippen LogP contribution is 2.26. The highest BCUT2D eigenvalue weighted by molar-refractivity contribution is 5.72. The summed E-state index contributed by atoms with van der Waals surface area (Å²) in [5, 5.41) is 12.2. The lowest BCUT2D eigenvalue weighted by molar-refractivity contribution is -0.118. The molecule has 0 saturated heterocycles. The summed E-state index contributed by atoms with van der Waals surface area (Å²) in [5.74, 6) is 0.531. The predicted octanol–water partition coefficient (Wildman–Crippen LogP) is 1.08. The molecular weight excluding hydrogens is 194 g/mol. The largest absolute Gasteiger partial charge is 0.504 e. The van der Waals surface area contributed by atoms with E-state index in [4.69, 9.17) is 4.74 Å². The highest BCUT2D eigenvalue weighted by Gasteiger charge is 2.02. The molecule has 0 atom stereocenters. The predicted molar refractivity (Wildman–Crippen MR) is 57.0 cm³/mol. The zero-order valence-corrected chi connectivity index (χ0v) is 8.91. The molecule has 0 saturated carbocycles. The summed E-state index contributed by atoms with van der Waals surface area (Å²) in [6, 6.07) is 5.21. The number of hydrogen-bond donors (Lipinski definition) is 2.